The highest BCUT2D eigenvalue weighted by Gasteiger charge is 2.17. The smallest absolute Gasteiger partial charge is 0.271 e. The van der Waals surface area contributed by atoms with Crippen LogP contribution in [0.5, 0.6) is 5.75 Å². The normalized spacial score (nSPS) is 11.1. The number of anilines is 3. The summed E-state index contributed by atoms with van der Waals surface area (Å²) in [5.41, 5.74) is 1.02. The minimum absolute atomic E-state index is 0.148. The molecule has 3 rings (SSSR count). The van der Waals surface area contributed by atoms with Crippen molar-refractivity contribution in [1.82, 2.24) is 4.98 Å². The molecule has 1 aromatic carbocycles. The van der Waals surface area contributed by atoms with Crippen LogP contribution in [0, 0.1) is 0 Å². The molecular weight excluding hydrogens is 334 g/mol. The van der Waals surface area contributed by atoms with Gasteiger partial charge >= 0.3 is 0 Å². The van der Waals surface area contributed by atoms with Crippen LogP contribution in [0.1, 0.15) is 0 Å². The van der Waals surface area contributed by atoms with E-state index >= 15 is 0 Å². The van der Waals surface area contributed by atoms with Gasteiger partial charge in [-0.15, -0.1) is 11.3 Å². The zero-order valence-corrected chi connectivity index (χ0v) is 13.4. The quantitative estimate of drug-likeness (QED) is 0.615. The van der Waals surface area contributed by atoms with Crippen LogP contribution in [0.2, 0.25) is 0 Å². The van der Waals surface area contributed by atoms with E-state index in [0.29, 0.717) is 17.2 Å². The van der Waals surface area contributed by atoms with Crippen molar-refractivity contribution < 1.29 is 13.5 Å². The molecule has 2 aromatic heterocycles. The summed E-state index contributed by atoms with van der Waals surface area (Å²) in [6.07, 6.45) is 1.56. The van der Waals surface area contributed by atoms with E-state index in [2.05, 4.69) is 15.0 Å². The van der Waals surface area contributed by atoms with Crippen molar-refractivity contribution in [3.8, 4) is 5.75 Å². The minimum atomic E-state index is -3.64. The third-order valence-electron chi connectivity index (χ3n) is 2.94. The van der Waals surface area contributed by atoms with E-state index in [-0.39, 0.29) is 9.96 Å². The number of phenolic OH excluding ortho intramolecular Hbond substituents is 1. The predicted octanol–water partition coefficient (Wildman–Crippen LogP) is 3.39. The molecule has 2 heterocycles. The summed E-state index contributed by atoms with van der Waals surface area (Å²) in [5, 5.41) is 14.0. The lowest BCUT2D eigenvalue weighted by atomic mass is 10.3. The molecule has 0 amide bonds. The van der Waals surface area contributed by atoms with Crippen LogP contribution in [0.25, 0.3) is 0 Å². The summed E-state index contributed by atoms with van der Waals surface area (Å²) in [7, 11) is -3.64. The van der Waals surface area contributed by atoms with Crippen molar-refractivity contribution in [2.24, 2.45) is 0 Å². The van der Waals surface area contributed by atoms with Crippen molar-refractivity contribution in [3.63, 3.8) is 0 Å². The Labute approximate surface area is 137 Å². The van der Waals surface area contributed by atoms with E-state index in [0.717, 1.165) is 11.3 Å². The number of thiophene rings is 1. The van der Waals surface area contributed by atoms with Crippen LogP contribution >= 0.6 is 11.3 Å². The fraction of sp³-hybridized carbons (Fsp3) is 0. The maximum atomic E-state index is 12.3. The van der Waals surface area contributed by atoms with Crippen molar-refractivity contribution in [3.05, 3.63) is 60.1 Å². The van der Waals surface area contributed by atoms with Crippen LogP contribution in [-0.2, 0) is 10.0 Å². The number of rotatable bonds is 5. The molecule has 0 saturated heterocycles. The second kappa shape index (κ2) is 6.27. The maximum absolute atomic E-state index is 12.3. The largest absolute Gasteiger partial charge is 0.508 e. The van der Waals surface area contributed by atoms with Crippen LogP contribution in [0.15, 0.2) is 64.3 Å². The predicted molar refractivity (Wildman–Crippen MR) is 90.8 cm³/mol. The number of benzene rings is 1. The summed E-state index contributed by atoms with van der Waals surface area (Å²) in [4.78, 5) is 4.16. The number of sulfonamides is 1. The van der Waals surface area contributed by atoms with E-state index < -0.39 is 10.0 Å². The van der Waals surface area contributed by atoms with Gasteiger partial charge in [-0.05, 0) is 47.8 Å². The Bertz CT molecular complexity index is 892. The lowest BCUT2D eigenvalue weighted by molar-refractivity contribution is 0.475. The summed E-state index contributed by atoms with van der Waals surface area (Å²) >= 11 is 1.14. The van der Waals surface area contributed by atoms with Crippen molar-refractivity contribution in [1.29, 1.82) is 0 Å². The molecule has 0 unspecified atom stereocenters. The Morgan fingerprint density at radius 1 is 1.04 bits per heavy atom. The topological polar surface area (TPSA) is 91.3 Å². The molecule has 3 aromatic rings. The van der Waals surface area contributed by atoms with Crippen molar-refractivity contribution in [2.75, 3.05) is 10.0 Å². The summed E-state index contributed by atoms with van der Waals surface area (Å²) in [5.74, 6) is 0.522. The van der Waals surface area contributed by atoms with Crippen LogP contribution in [-0.4, -0.2) is 18.5 Å². The number of hydrogen-bond donors (Lipinski definition) is 3. The van der Waals surface area contributed by atoms with E-state index in [1.807, 2.05) is 0 Å². The Morgan fingerprint density at radius 2 is 1.83 bits per heavy atom. The van der Waals surface area contributed by atoms with Crippen molar-refractivity contribution in [2.45, 2.75) is 4.21 Å². The van der Waals surface area contributed by atoms with Crippen LogP contribution < -0.4 is 10.0 Å². The molecule has 0 spiro atoms. The molecule has 0 atom stereocenters. The molecule has 0 aliphatic heterocycles. The molecule has 0 radical (unpaired) electrons. The lowest BCUT2D eigenvalue weighted by Gasteiger charge is -2.12. The molecule has 8 heteroatoms. The Hall–Kier alpha value is -2.58. The standard InChI is InChI=1S/C15H13N3O3S2/c19-12-7-5-11(6-8-12)17-15-13(3-1-9-16-15)18-23(20,21)14-4-2-10-22-14/h1-10,18-19H,(H,16,17). The molecule has 118 valence electrons. The minimum Gasteiger partial charge on any atom is -0.508 e. The maximum Gasteiger partial charge on any atom is 0.271 e. The van der Waals surface area contributed by atoms with Gasteiger partial charge in [-0.25, -0.2) is 13.4 Å². The number of hydrogen-bond acceptors (Lipinski definition) is 6. The van der Waals surface area contributed by atoms with Gasteiger partial charge in [0.2, 0.25) is 0 Å². The fourth-order valence-electron chi connectivity index (χ4n) is 1.88. The number of pyridine rings is 1. The number of aromatic nitrogens is 1. The first-order chi connectivity index (χ1) is 11.0. The average molecular weight is 347 g/mol. The Kier molecular flexibility index (Phi) is 4.18. The number of nitrogens with one attached hydrogen (secondary N) is 2. The van der Waals surface area contributed by atoms with E-state index in [1.54, 1.807) is 41.9 Å². The molecule has 0 aliphatic rings. The molecule has 23 heavy (non-hydrogen) atoms. The van der Waals surface area contributed by atoms with Gasteiger partial charge in [0.05, 0.1) is 5.69 Å². The van der Waals surface area contributed by atoms with Crippen molar-refractivity contribution >= 4 is 38.6 Å². The Morgan fingerprint density at radius 3 is 2.52 bits per heavy atom. The average Bonchev–Trinajstić information content (AvgIpc) is 3.06. The summed E-state index contributed by atoms with van der Waals surface area (Å²) in [6.45, 7) is 0. The summed E-state index contributed by atoms with van der Waals surface area (Å²) < 4.78 is 27.4. The van der Waals surface area contributed by atoms with Gasteiger partial charge in [0.1, 0.15) is 9.96 Å². The van der Waals surface area contributed by atoms with Gasteiger partial charge < -0.3 is 10.4 Å². The van der Waals surface area contributed by atoms with Crippen LogP contribution in [0.3, 0.4) is 0 Å². The SMILES string of the molecule is O=S(=O)(Nc1cccnc1Nc1ccc(O)cc1)c1cccs1. The number of phenols is 1. The number of nitrogens with zero attached hydrogens (tertiary/aromatic N) is 1. The van der Waals surface area contributed by atoms with Gasteiger partial charge in [0, 0.05) is 11.9 Å². The molecule has 6 nitrogen and oxygen atoms in total. The summed E-state index contributed by atoms with van der Waals surface area (Å²) in [6, 6.07) is 12.9. The highest BCUT2D eigenvalue weighted by Crippen LogP contribution is 2.27. The van der Waals surface area contributed by atoms with E-state index in [1.165, 1.54) is 18.2 Å². The number of aromatic hydroxyl groups is 1. The molecule has 3 N–H and O–H groups in total. The molecule has 0 saturated carbocycles. The first kappa shape index (κ1) is 15.3. The Balaban J connectivity index is 1.88. The second-order valence-electron chi connectivity index (χ2n) is 4.61. The highest BCUT2D eigenvalue weighted by atomic mass is 32.2. The first-order valence-corrected chi connectivity index (χ1v) is 8.98. The zero-order chi connectivity index (χ0) is 16.3. The van der Waals surface area contributed by atoms with Gasteiger partial charge in [0.15, 0.2) is 5.82 Å². The monoisotopic (exact) mass is 347 g/mol. The zero-order valence-electron chi connectivity index (χ0n) is 11.8. The van der Waals surface area contributed by atoms with Gasteiger partial charge in [-0.3, -0.25) is 4.72 Å². The van der Waals surface area contributed by atoms with E-state index in [9.17, 15) is 13.5 Å². The molecule has 0 bridgehead atoms. The van der Waals surface area contributed by atoms with Gasteiger partial charge in [-0.1, -0.05) is 6.07 Å². The molecule has 0 aliphatic carbocycles. The second-order valence-corrected chi connectivity index (χ2v) is 7.47. The van der Waals surface area contributed by atoms with Gasteiger partial charge in [0.25, 0.3) is 10.0 Å². The van der Waals surface area contributed by atoms with Gasteiger partial charge in [-0.2, -0.15) is 0 Å². The van der Waals surface area contributed by atoms with E-state index in [4.69, 9.17) is 0 Å². The first-order valence-electron chi connectivity index (χ1n) is 6.62. The molecular formula is C15H13N3O3S2. The highest BCUT2D eigenvalue weighted by molar-refractivity contribution is 7.94. The third-order valence-corrected chi connectivity index (χ3v) is 5.70. The third kappa shape index (κ3) is 3.61. The van der Waals surface area contributed by atoms with Crippen LogP contribution in [0.4, 0.5) is 17.2 Å². The molecule has 0 fully saturated rings. The fourth-order valence-corrected chi connectivity index (χ4v) is 3.94. The lowest BCUT2D eigenvalue weighted by Crippen LogP contribution is -2.13.